The van der Waals surface area contributed by atoms with Crippen LogP contribution in [-0.4, -0.2) is 31.7 Å². The number of carbonyl (C=O) groups excluding carboxylic acids is 1. The molecule has 0 aromatic heterocycles. The molecule has 1 amide bonds. The summed E-state index contributed by atoms with van der Waals surface area (Å²) in [6.07, 6.45) is 1.38. The number of hydrogen-bond acceptors (Lipinski definition) is 3. The van der Waals surface area contributed by atoms with E-state index in [0.717, 1.165) is 11.1 Å². The highest BCUT2D eigenvalue weighted by atomic mass is 32.2. The molecule has 2 aromatic rings. The molecule has 2 unspecified atom stereocenters. The second kappa shape index (κ2) is 8.45. The molecular weight excluding hydrogens is 372 g/mol. The molecule has 3 rings (SSSR count). The van der Waals surface area contributed by atoms with E-state index in [2.05, 4.69) is 11.4 Å². The smallest absolute Gasteiger partial charge is 0.243 e. The predicted octanol–water partition coefficient (Wildman–Crippen LogP) is 3.58. The molecule has 1 aliphatic rings. The molecule has 1 aliphatic heterocycles. The first-order chi connectivity index (χ1) is 13.3. The lowest BCUT2D eigenvalue weighted by Crippen LogP contribution is -2.45. The number of nitrogens with zero attached hydrogens (tertiary/aromatic N) is 1. The topological polar surface area (TPSA) is 66.5 Å². The van der Waals surface area contributed by atoms with Crippen LogP contribution in [0.25, 0.3) is 0 Å². The van der Waals surface area contributed by atoms with Gasteiger partial charge in [0.1, 0.15) is 0 Å². The zero-order valence-corrected chi connectivity index (χ0v) is 17.5. The van der Waals surface area contributed by atoms with Crippen molar-refractivity contribution >= 4 is 15.9 Å². The van der Waals surface area contributed by atoms with E-state index >= 15 is 0 Å². The maximum atomic E-state index is 12.9. The van der Waals surface area contributed by atoms with Crippen LogP contribution in [0, 0.1) is 19.8 Å². The van der Waals surface area contributed by atoms with Gasteiger partial charge in [-0.15, -0.1) is 0 Å². The Labute approximate surface area is 167 Å². The number of benzene rings is 2. The van der Waals surface area contributed by atoms with Gasteiger partial charge in [-0.2, -0.15) is 4.31 Å². The van der Waals surface area contributed by atoms with Crippen LogP contribution in [0.1, 0.15) is 42.5 Å². The van der Waals surface area contributed by atoms with Crippen molar-refractivity contribution in [3.05, 3.63) is 65.2 Å². The van der Waals surface area contributed by atoms with Gasteiger partial charge in [0.05, 0.1) is 16.9 Å². The molecule has 150 valence electrons. The Morgan fingerprint density at radius 1 is 1.14 bits per heavy atom. The summed E-state index contributed by atoms with van der Waals surface area (Å²) >= 11 is 0. The van der Waals surface area contributed by atoms with E-state index in [-0.39, 0.29) is 29.3 Å². The Bertz CT molecular complexity index is 942. The molecule has 1 N–H and O–H groups in total. The number of nitrogens with one attached hydrogen (secondary N) is 1. The molecule has 28 heavy (non-hydrogen) atoms. The van der Waals surface area contributed by atoms with Crippen molar-refractivity contribution in [3.8, 4) is 0 Å². The summed E-state index contributed by atoms with van der Waals surface area (Å²) < 4.78 is 27.2. The van der Waals surface area contributed by atoms with E-state index in [1.54, 1.807) is 30.3 Å². The average Bonchev–Trinajstić information content (AvgIpc) is 2.68. The minimum Gasteiger partial charge on any atom is -0.349 e. The van der Waals surface area contributed by atoms with Gasteiger partial charge in [0.25, 0.3) is 0 Å². The lowest BCUT2D eigenvalue weighted by atomic mass is 9.96. The summed E-state index contributed by atoms with van der Waals surface area (Å²) in [5, 5.41) is 3.08. The Morgan fingerprint density at radius 3 is 2.54 bits per heavy atom. The fourth-order valence-electron chi connectivity index (χ4n) is 3.84. The number of carbonyl (C=O) groups is 1. The molecule has 0 aliphatic carbocycles. The van der Waals surface area contributed by atoms with E-state index in [1.807, 2.05) is 32.9 Å². The highest BCUT2D eigenvalue weighted by Crippen LogP contribution is 2.25. The van der Waals surface area contributed by atoms with Gasteiger partial charge in [0.2, 0.25) is 15.9 Å². The molecule has 0 spiro atoms. The van der Waals surface area contributed by atoms with Crippen LogP contribution in [0.4, 0.5) is 0 Å². The third-order valence-electron chi connectivity index (χ3n) is 5.39. The lowest BCUT2D eigenvalue weighted by molar-refractivity contribution is -0.126. The molecular formula is C22H28N2O3S. The molecule has 0 radical (unpaired) electrons. The summed E-state index contributed by atoms with van der Waals surface area (Å²) in [5.41, 5.74) is 3.42. The number of amides is 1. The van der Waals surface area contributed by atoms with Crippen molar-refractivity contribution in [1.29, 1.82) is 0 Å². The summed E-state index contributed by atoms with van der Waals surface area (Å²) in [5.74, 6) is -0.416. The third kappa shape index (κ3) is 4.45. The van der Waals surface area contributed by atoms with Gasteiger partial charge in [-0.25, -0.2) is 8.42 Å². The highest BCUT2D eigenvalue weighted by Gasteiger charge is 2.33. The Kier molecular flexibility index (Phi) is 6.20. The monoisotopic (exact) mass is 400 g/mol. The molecule has 6 heteroatoms. The average molecular weight is 401 g/mol. The largest absolute Gasteiger partial charge is 0.349 e. The summed E-state index contributed by atoms with van der Waals surface area (Å²) in [4.78, 5) is 13.1. The van der Waals surface area contributed by atoms with Gasteiger partial charge in [-0.05, 0) is 56.9 Å². The fourth-order valence-corrected chi connectivity index (χ4v) is 5.38. The number of aryl methyl sites for hydroxylation is 2. The highest BCUT2D eigenvalue weighted by molar-refractivity contribution is 7.89. The van der Waals surface area contributed by atoms with E-state index in [4.69, 9.17) is 0 Å². The first kappa shape index (κ1) is 20.6. The van der Waals surface area contributed by atoms with Crippen LogP contribution in [0.3, 0.4) is 0 Å². The van der Waals surface area contributed by atoms with Crippen LogP contribution in [0.5, 0.6) is 0 Å². The Hall–Kier alpha value is -2.18. The molecule has 1 heterocycles. The maximum Gasteiger partial charge on any atom is 0.243 e. The number of hydrogen-bond donors (Lipinski definition) is 1. The summed E-state index contributed by atoms with van der Waals surface area (Å²) in [6, 6.07) is 14.5. The third-order valence-corrected chi connectivity index (χ3v) is 7.27. The van der Waals surface area contributed by atoms with Crippen LogP contribution >= 0.6 is 0 Å². The van der Waals surface area contributed by atoms with Crippen molar-refractivity contribution in [1.82, 2.24) is 9.62 Å². The first-order valence-electron chi connectivity index (χ1n) is 9.72. The predicted molar refractivity (Wildman–Crippen MR) is 110 cm³/mol. The van der Waals surface area contributed by atoms with Gasteiger partial charge < -0.3 is 5.32 Å². The van der Waals surface area contributed by atoms with E-state index in [0.29, 0.717) is 19.4 Å². The second-order valence-corrected chi connectivity index (χ2v) is 9.54. The van der Waals surface area contributed by atoms with Crippen LogP contribution in [0.2, 0.25) is 0 Å². The molecule has 1 fully saturated rings. The molecule has 5 nitrogen and oxygen atoms in total. The SMILES string of the molecule is Cc1ccc(C(C)NC(=O)C2CCCN(S(=O)(=O)c3ccccc3)C2)c(C)c1. The van der Waals surface area contributed by atoms with E-state index < -0.39 is 10.0 Å². The minimum atomic E-state index is -3.57. The Balaban J connectivity index is 1.69. The van der Waals surface area contributed by atoms with Crippen molar-refractivity contribution in [2.24, 2.45) is 5.92 Å². The number of sulfonamides is 1. The van der Waals surface area contributed by atoms with Crippen molar-refractivity contribution < 1.29 is 13.2 Å². The first-order valence-corrected chi connectivity index (χ1v) is 11.2. The zero-order chi connectivity index (χ0) is 20.3. The van der Waals surface area contributed by atoms with Gasteiger partial charge in [-0.3, -0.25) is 4.79 Å². The van der Waals surface area contributed by atoms with Gasteiger partial charge in [0, 0.05) is 13.1 Å². The van der Waals surface area contributed by atoms with Crippen molar-refractivity contribution in [3.63, 3.8) is 0 Å². The molecule has 1 saturated heterocycles. The second-order valence-electron chi connectivity index (χ2n) is 7.61. The molecule has 2 aromatic carbocycles. The maximum absolute atomic E-state index is 12.9. The normalized spacial score (nSPS) is 19.2. The van der Waals surface area contributed by atoms with Gasteiger partial charge in [0.15, 0.2) is 0 Å². The van der Waals surface area contributed by atoms with Gasteiger partial charge in [-0.1, -0.05) is 42.0 Å². The minimum absolute atomic E-state index is 0.0829. The quantitative estimate of drug-likeness (QED) is 0.834. The lowest BCUT2D eigenvalue weighted by Gasteiger charge is -2.32. The number of piperidine rings is 1. The van der Waals surface area contributed by atoms with E-state index in [9.17, 15) is 13.2 Å². The molecule has 0 saturated carbocycles. The van der Waals surface area contributed by atoms with Crippen molar-refractivity contribution in [2.45, 2.75) is 44.6 Å². The van der Waals surface area contributed by atoms with Gasteiger partial charge >= 0.3 is 0 Å². The van der Waals surface area contributed by atoms with Crippen LogP contribution in [-0.2, 0) is 14.8 Å². The molecule has 2 atom stereocenters. The van der Waals surface area contributed by atoms with Crippen LogP contribution < -0.4 is 5.32 Å². The van der Waals surface area contributed by atoms with Crippen LogP contribution in [0.15, 0.2) is 53.4 Å². The summed E-state index contributed by atoms with van der Waals surface area (Å²) in [6.45, 7) is 6.73. The number of rotatable bonds is 5. The van der Waals surface area contributed by atoms with E-state index in [1.165, 1.54) is 9.87 Å². The Morgan fingerprint density at radius 2 is 1.86 bits per heavy atom. The van der Waals surface area contributed by atoms with Crippen molar-refractivity contribution in [2.75, 3.05) is 13.1 Å². The fraction of sp³-hybridized carbons (Fsp3) is 0.409. The zero-order valence-electron chi connectivity index (χ0n) is 16.7. The standard InChI is InChI=1S/C22H28N2O3S/c1-16-11-12-21(17(2)14-16)18(3)23-22(25)19-8-7-13-24(15-19)28(26,27)20-9-5-4-6-10-20/h4-6,9-12,14,18-19H,7-8,13,15H2,1-3H3,(H,23,25). The summed E-state index contributed by atoms with van der Waals surface area (Å²) in [7, 11) is -3.57. The molecule has 0 bridgehead atoms.